The van der Waals surface area contributed by atoms with Crippen LogP contribution in [0.1, 0.15) is 25.0 Å². The topological polar surface area (TPSA) is 38.7 Å². The zero-order chi connectivity index (χ0) is 39.5. The molecule has 59 heavy (non-hydrogen) atoms. The third kappa shape index (κ3) is 5.94. The average molecular weight is 754 g/mol. The Hall–Kier alpha value is -7.49. The van der Waals surface area contributed by atoms with Crippen LogP contribution in [0.2, 0.25) is 0 Å². The molecule has 0 unspecified atom stereocenters. The van der Waals surface area contributed by atoms with Crippen LogP contribution >= 0.6 is 0 Å². The molecule has 10 aromatic rings. The zero-order valence-electron chi connectivity index (χ0n) is 32.9. The highest BCUT2D eigenvalue weighted by molar-refractivity contribution is 6.05. The number of fused-ring (bicyclic) bond motifs is 6. The smallest absolute Gasteiger partial charge is 0.160 e. The van der Waals surface area contributed by atoms with Gasteiger partial charge in [0, 0.05) is 40.1 Å². The van der Waals surface area contributed by atoms with Crippen LogP contribution < -0.4 is 0 Å². The first kappa shape index (κ1) is 34.7. The van der Waals surface area contributed by atoms with Gasteiger partial charge >= 0.3 is 0 Å². The summed E-state index contributed by atoms with van der Waals surface area (Å²) in [5.74, 6) is 0.695. The Morgan fingerprint density at radius 1 is 0.373 bits per heavy atom. The Balaban J connectivity index is 0.977. The van der Waals surface area contributed by atoms with Gasteiger partial charge in [0.2, 0.25) is 0 Å². The fraction of sp³-hybridized carbons (Fsp3) is 0.0536. The second-order valence-electron chi connectivity index (χ2n) is 16.0. The second kappa shape index (κ2) is 13.9. The minimum atomic E-state index is -0.0665. The Kier molecular flexibility index (Phi) is 8.16. The highest BCUT2D eigenvalue weighted by Crippen LogP contribution is 2.52. The minimum absolute atomic E-state index is 0.0665. The van der Waals surface area contributed by atoms with Crippen molar-refractivity contribution in [2.45, 2.75) is 19.3 Å². The van der Waals surface area contributed by atoms with Crippen molar-refractivity contribution in [3.63, 3.8) is 0 Å². The first-order chi connectivity index (χ1) is 29.0. The van der Waals surface area contributed by atoms with Crippen molar-refractivity contribution in [3.05, 3.63) is 212 Å². The molecule has 11 rings (SSSR count). The third-order valence-corrected chi connectivity index (χ3v) is 12.2. The first-order valence-corrected chi connectivity index (χ1v) is 20.2. The lowest BCUT2D eigenvalue weighted by molar-refractivity contribution is 0.666. The van der Waals surface area contributed by atoms with E-state index in [9.17, 15) is 0 Å². The number of rotatable bonds is 6. The summed E-state index contributed by atoms with van der Waals surface area (Å²) in [7, 11) is 0. The van der Waals surface area contributed by atoms with Crippen molar-refractivity contribution in [2.75, 3.05) is 0 Å². The average Bonchev–Trinajstić information content (AvgIpc) is 3.54. The SMILES string of the molecule is CC1(C)c2ccc(-c3ccc(-c4ccc(-c5cc(-c6cccc(-c7cccnc7)c6)nc(-c6ccccc6)n5)c5ccccc45)cc3)cc2-c2ccc3ccccc3c21. The maximum atomic E-state index is 5.22. The summed E-state index contributed by atoms with van der Waals surface area (Å²) in [6, 6.07) is 67.6. The molecule has 1 aliphatic rings. The largest absolute Gasteiger partial charge is 0.264 e. The van der Waals surface area contributed by atoms with E-state index in [1.165, 1.54) is 60.7 Å². The molecule has 0 atom stereocenters. The molecule has 0 spiro atoms. The van der Waals surface area contributed by atoms with E-state index >= 15 is 0 Å². The second-order valence-corrected chi connectivity index (χ2v) is 16.0. The van der Waals surface area contributed by atoms with Crippen LogP contribution in [0.5, 0.6) is 0 Å². The molecular formula is C56H39N3. The quantitative estimate of drug-likeness (QED) is 0.170. The molecule has 8 aromatic carbocycles. The monoisotopic (exact) mass is 753 g/mol. The molecule has 0 aliphatic heterocycles. The van der Waals surface area contributed by atoms with Crippen molar-refractivity contribution in [2.24, 2.45) is 0 Å². The lowest BCUT2D eigenvalue weighted by atomic mass is 9.80. The van der Waals surface area contributed by atoms with E-state index in [0.717, 1.165) is 44.6 Å². The lowest BCUT2D eigenvalue weighted by Gasteiger charge is -2.23. The molecule has 2 heterocycles. The molecule has 1 aliphatic carbocycles. The normalized spacial score (nSPS) is 12.7. The van der Waals surface area contributed by atoms with Crippen molar-refractivity contribution in [1.29, 1.82) is 0 Å². The van der Waals surface area contributed by atoms with Gasteiger partial charge in [-0.15, -0.1) is 0 Å². The number of aromatic nitrogens is 3. The van der Waals surface area contributed by atoms with E-state index in [-0.39, 0.29) is 5.41 Å². The van der Waals surface area contributed by atoms with Gasteiger partial charge in [0.15, 0.2) is 5.82 Å². The molecule has 0 saturated carbocycles. The Morgan fingerprint density at radius 2 is 1.00 bits per heavy atom. The summed E-state index contributed by atoms with van der Waals surface area (Å²) in [6.07, 6.45) is 3.70. The van der Waals surface area contributed by atoms with E-state index in [0.29, 0.717) is 5.82 Å². The molecule has 3 nitrogen and oxygen atoms in total. The van der Waals surface area contributed by atoms with Crippen molar-refractivity contribution >= 4 is 21.5 Å². The van der Waals surface area contributed by atoms with E-state index in [2.05, 4.69) is 183 Å². The molecule has 3 heteroatoms. The fourth-order valence-corrected chi connectivity index (χ4v) is 9.25. The summed E-state index contributed by atoms with van der Waals surface area (Å²) in [5, 5.41) is 4.97. The Bertz CT molecular complexity index is 3220. The summed E-state index contributed by atoms with van der Waals surface area (Å²) >= 11 is 0. The van der Waals surface area contributed by atoms with Gasteiger partial charge in [0.25, 0.3) is 0 Å². The number of pyridine rings is 1. The summed E-state index contributed by atoms with van der Waals surface area (Å²) in [5.41, 5.74) is 17.2. The van der Waals surface area contributed by atoms with Gasteiger partial charge in [-0.1, -0.05) is 178 Å². The van der Waals surface area contributed by atoms with E-state index in [1.807, 2.05) is 30.5 Å². The maximum absolute atomic E-state index is 5.22. The predicted octanol–water partition coefficient (Wildman–Crippen LogP) is 14.5. The van der Waals surface area contributed by atoms with E-state index in [1.54, 1.807) is 6.20 Å². The Morgan fingerprint density at radius 3 is 1.81 bits per heavy atom. The predicted molar refractivity (Wildman–Crippen MR) is 245 cm³/mol. The van der Waals surface area contributed by atoms with Gasteiger partial charge in [0.05, 0.1) is 11.4 Å². The molecule has 0 fully saturated rings. The molecular weight excluding hydrogens is 715 g/mol. The first-order valence-electron chi connectivity index (χ1n) is 20.2. The van der Waals surface area contributed by atoms with E-state index < -0.39 is 0 Å². The van der Waals surface area contributed by atoms with Gasteiger partial charge in [0.1, 0.15) is 0 Å². The van der Waals surface area contributed by atoms with Crippen molar-refractivity contribution in [1.82, 2.24) is 15.0 Å². The summed E-state index contributed by atoms with van der Waals surface area (Å²) < 4.78 is 0. The van der Waals surface area contributed by atoms with Crippen LogP contribution in [-0.4, -0.2) is 15.0 Å². The molecule has 0 radical (unpaired) electrons. The van der Waals surface area contributed by atoms with Crippen LogP contribution in [0, 0.1) is 0 Å². The Labute approximate surface area is 344 Å². The molecule has 0 amide bonds. The van der Waals surface area contributed by atoms with Crippen LogP contribution in [0.25, 0.3) is 100.0 Å². The van der Waals surface area contributed by atoms with Gasteiger partial charge in [-0.2, -0.15) is 0 Å². The zero-order valence-corrected chi connectivity index (χ0v) is 32.9. The summed E-state index contributed by atoms with van der Waals surface area (Å²) in [6.45, 7) is 4.73. The summed E-state index contributed by atoms with van der Waals surface area (Å²) in [4.78, 5) is 14.7. The number of nitrogens with zero attached hydrogens (tertiary/aromatic N) is 3. The minimum Gasteiger partial charge on any atom is -0.264 e. The standard InChI is InChI=1S/C56H39N3/c1-56(2)51-30-26-41(33-50(51)49-27-25-37-12-6-7-18-45(37)54(49)56)36-21-23-38(24-22-36)44-28-29-48(47-20-9-8-19-46(44)47)53-34-52(58-55(59-53)39-13-4-3-5-14-39)42-16-10-15-40(32-42)43-17-11-31-57-35-43/h3-35H,1-2H3. The van der Waals surface area contributed by atoms with Crippen molar-refractivity contribution in [3.8, 4) is 78.4 Å². The number of hydrogen-bond donors (Lipinski definition) is 0. The lowest BCUT2D eigenvalue weighted by Crippen LogP contribution is -2.15. The molecule has 2 aromatic heterocycles. The fourth-order valence-electron chi connectivity index (χ4n) is 9.25. The maximum Gasteiger partial charge on any atom is 0.160 e. The van der Waals surface area contributed by atoms with Gasteiger partial charge in [-0.3, -0.25) is 4.98 Å². The van der Waals surface area contributed by atoms with Gasteiger partial charge in [-0.05, 0) is 95.9 Å². The van der Waals surface area contributed by atoms with Crippen LogP contribution in [0.3, 0.4) is 0 Å². The molecule has 278 valence electrons. The van der Waals surface area contributed by atoms with Crippen LogP contribution in [0.15, 0.2) is 200 Å². The van der Waals surface area contributed by atoms with Gasteiger partial charge in [-0.25, -0.2) is 9.97 Å². The van der Waals surface area contributed by atoms with Gasteiger partial charge < -0.3 is 0 Å². The number of benzene rings is 8. The number of hydrogen-bond acceptors (Lipinski definition) is 3. The molecule has 0 saturated heterocycles. The van der Waals surface area contributed by atoms with Crippen LogP contribution in [0.4, 0.5) is 0 Å². The van der Waals surface area contributed by atoms with Crippen molar-refractivity contribution < 1.29 is 0 Å². The third-order valence-electron chi connectivity index (χ3n) is 12.2. The highest BCUT2D eigenvalue weighted by Gasteiger charge is 2.37. The highest BCUT2D eigenvalue weighted by atomic mass is 14.9. The van der Waals surface area contributed by atoms with E-state index in [4.69, 9.17) is 9.97 Å². The molecule has 0 bridgehead atoms. The molecule has 0 N–H and O–H groups in total. The van der Waals surface area contributed by atoms with Crippen LogP contribution in [-0.2, 0) is 5.41 Å².